The van der Waals surface area contributed by atoms with Crippen LogP contribution in [0.2, 0.25) is 10.0 Å². The van der Waals surface area contributed by atoms with E-state index in [9.17, 15) is 5.11 Å². The Bertz CT molecular complexity index is 460. The van der Waals surface area contributed by atoms with Gasteiger partial charge in [-0.15, -0.1) is 0 Å². The van der Waals surface area contributed by atoms with Gasteiger partial charge in [-0.1, -0.05) is 49.9 Å². The first-order valence-corrected chi connectivity index (χ1v) is 7.56. The van der Waals surface area contributed by atoms with Crippen LogP contribution < -0.4 is 5.32 Å². The fourth-order valence-electron chi connectivity index (χ4n) is 2.86. The fraction of sp³-hybridized carbons (Fsp3) is 0.600. The summed E-state index contributed by atoms with van der Waals surface area (Å²) in [6.45, 7) is 5.20. The fourth-order valence-corrected chi connectivity index (χ4v) is 3.40. The Morgan fingerprint density at radius 1 is 1.32 bits per heavy atom. The number of halogens is 2. The van der Waals surface area contributed by atoms with Crippen molar-refractivity contribution in [3.05, 3.63) is 27.7 Å². The van der Waals surface area contributed by atoms with Crippen molar-refractivity contribution in [3.63, 3.8) is 0 Å². The molecule has 4 heteroatoms. The van der Waals surface area contributed by atoms with Gasteiger partial charge in [0.1, 0.15) is 5.75 Å². The van der Waals surface area contributed by atoms with E-state index in [0.717, 1.165) is 5.56 Å². The Morgan fingerprint density at radius 3 is 2.74 bits per heavy atom. The minimum atomic E-state index is 0.132. The number of benzene rings is 1. The first-order valence-electron chi connectivity index (χ1n) is 6.80. The van der Waals surface area contributed by atoms with E-state index < -0.39 is 0 Å². The van der Waals surface area contributed by atoms with Gasteiger partial charge in [-0.25, -0.2) is 0 Å². The van der Waals surface area contributed by atoms with Crippen LogP contribution in [0.25, 0.3) is 0 Å². The zero-order valence-corrected chi connectivity index (χ0v) is 13.0. The van der Waals surface area contributed by atoms with Crippen molar-refractivity contribution in [2.45, 2.75) is 52.1 Å². The zero-order valence-electron chi connectivity index (χ0n) is 11.5. The molecule has 1 unspecified atom stereocenters. The van der Waals surface area contributed by atoms with Crippen LogP contribution in [0.1, 0.15) is 45.1 Å². The summed E-state index contributed by atoms with van der Waals surface area (Å²) in [4.78, 5) is 0. The molecule has 0 amide bonds. The Labute approximate surface area is 125 Å². The maximum absolute atomic E-state index is 9.95. The van der Waals surface area contributed by atoms with Crippen LogP contribution in [0.4, 0.5) is 0 Å². The molecule has 19 heavy (non-hydrogen) atoms. The number of hydrogen-bond acceptors (Lipinski definition) is 2. The molecule has 1 fully saturated rings. The molecule has 1 aromatic carbocycles. The smallest absolute Gasteiger partial charge is 0.138 e. The van der Waals surface area contributed by atoms with Gasteiger partial charge in [0.05, 0.1) is 5.02 Å². The van der Waals surface area contributed by atoms with Crippen molar-refractivity contribution < 1.29 is 5.11 Å². The van der Waals surface area contributed by atoms with Crippen LogP contribution in [0, 0.1) is 5.41 Å². The second-order valence-corrected chi connectivity index (χ2v) is 6.91. The standard InChI is InChI=1S/C15H21Cl2NO/c1-15(2)6-4-3-5-13(15)18-9-10-7-11(16)8-12(17)14(10)19/h7-8,13,18-19H,3-6,9H2,1-2H3. The molecule has 0 spiro atoms. The van der Waals surface area contributed by atoms with Crippen molar-refractivity contribution in [1.82, 2.24) is 5.32 Å². The van der Waals surface area contributed by atoms with E-state index >= 15 is 0 Å². The number of phenols is 1. The lowest BCUT2D eigenvalue weighted by atomic mass is 9.73. The van der Waals surface area contributed by atoms with E-state index in [1.807, 2.05) is 0 Å². The van der Waals surface area contributed by atoms with Crippen LogP contribution in [0.15, 0.2) is 12.1 Å². The number of phenolic OH excluding ortho intramolecular Hbond substituents is 1. The molecule has 2 N–H and O–H groups in total. The Balaban J connectivity index is 2.06. The molecule has 1 aromatic rings. The second-order valence-electron chi connectivity index (χ2n) is 6.06. The number of rotatable bonds is 3. The molecular weight excluding hydrogens is 281 g/mol. The van der Waals surface area contributed by atoms with Gasteiger partial charge in [0, 0.05) is 23.2 Å². The van der Waals surface area contributed by atoms with Crippen molar-refractivity contribution in [1.29, 1.82) is 0 Å². The molecule has 0 radical (unpaired) electrons. The average molecular weight is 302 g/mol. The monoisotopic (exact) mass is 301 g/mol. The first kappa shape index (κ1) is 15.0. The molecule has 2 rings (SSSR count). The molecule has 2 nitrogen and oxygen atoms in total. The molecule has 106 valence electrons. The number of hydrogen-bond donors (Lipinski definition) is 2. The predicted octanol–water partition coefficient (Wildman–Crippen LogP) is 4.76. The quantitative estimate of drug-likeness (QED) is 0.844. The highest BCUT2D eigenvalue weighted by Gasteiger charge is 2.31. The maximum Gasteiger partial charge on any atom is 0.138 e. The zero-order chi connectivity index (χ0) is 14.0. The largest absolute Gasteiger partial charge is 0.506 e. The molecule has 1 atom stereocenters. The van der Waals surface area contributed by atoms with Crippen LogP contribution in [-0.2, 0) is 6.54 Å². The molecule has 1 aliphatic carbocycles. The highest BCUT2D eigenvalue weighted by Crippen LogP contribution is 2.36. The topological polar surface area (TPSA) is 32.3 Å². The molecule has 1 aliphatic rings. The highest BCUT2D eigenvalue weighted by molar-refractivity contribution is 6.35. The summed E-state index contributed by atoms with van der Waals surface area (Å²) in [7, 11) is 0. The summed E-state index contributed by atoms with van der Waals surface area (Å²) in [5.74, 6) is 0.132. The SMILES string of the molecule is CC1(C)CCCCC1NCc1cc(Cl)cc(Cl)c1O. The van der Waals surface area contributed by atoms with Crippen molar-refractivity contribution in [2.24, 2.45) is 5.41 Å². The molecule has 0 bridgehead atoms. The normalized spacial score (nSPS) is 22.4. The maximum atomic E-state index is 9.95. The van der Waals surface area contributed by atoms with Gasteiger partial charge in [0.25, 0.3) is 0 Å². The molecule has 0 aromatic heterocycles. The van der Waals surface area contributed by atoms with E-state index in [0.29, 0.717) is 28.0 Å². The number of nitrogens with one attached hydrogen (secondary N) is 1. The van der Waals surface area contributed by atoms with E-state index in [-0.39, 0.29) is 5.75 Å². The van der Waals surface area contributed by atoms with Crippen molar-refractivity contribution in [3.8, 4) is 5.75 Å². The molecule has 1 saturated carbocycles. The average Bonchev–Trinajstić information content (AvgIpc) is 2.33. The third-order valence-corrected chi connectivity index (χ3v) is 4.66. The summed E-state index contributed by atoms with van der Waals surface area (Å²) in [5, 5.41) is 14.4. The van der Waals surface area contributed by atoms with Gasteiger partial charge < -0.3 is 10.4 Å². The molecule has 0 heterocycles. The Morgan fingerprint density at radius 2 is 2.05 bits per heavy atom. The molecule has 0 saturated heterocycles. The van der Waals surface area contributed by atoms with Crippen LogP contribution in [-0.4, -0.2) is 11.1 Å². The van der Waals surface area contributed by atoms with Crippen molar-refractivity contribution in [2.75, 3.05) is 0 Å². The minimum absolute atomic E-state index is 0.132. The van der Waals surface area contributed by atoms with E-state index in [1.165, 1.54) is 25.7 Å². The molecular formula is C15H21Cl2NO. The summed E-state index contributed by atoms with van der Waals surface area (Å²) < 4.78 is 0. The van der Waals surface area contributed by atoms with Gasteiger partial charge in [-0.05, 0) is 30.4 Å². The van der Waals surface area contributed by atoms with E-state index in [4.69, 9.17) is 23.2 Å². The van der Waals surface area contributed by atoms with E-state index in [1.54, 1.807) is 12.1 Å². The van der Waals surface area contributed by atoms with Crippen LogP contribution >= 0.6 is 23.2 Å². The lowest BCUT2D eigenvalue weighted by Gasteiger charge is -2.39. The highest BCUT2D eigenvalue weighted by atomic mass is 35.5. The Hall–Kier alpha value is -0.440. The summed E-state index contributed by atoms with van der Waals surface area (Å²) in [6, 6.07) is 3.80. The van der Waals surface area contributed by atoms with E-state index in [2.05, 4.69) is 19.2 Å². The Kier molecular flexibility index (Phi) is 4.65. The predicted molar refractivity (Wildman–Crippen MR) is 81.0 cm³/mol. The molecule has 0 aliphatic heterocycles. The van der Waals surface area contributed by atoms with Gasteiger partial charge >= 0.3 is 0 Å². The second kappa shape index (κ2) is 5.90. The number of aromatic hydroxyl groups is 1. The van der Waals surface area contributed by atoms with Gasteiger partial charge in [0.15, 0.2) is 0 Å². The lowest BCUT2D eigenvalue weighted by Crippen LogP contribution is -2.43. The lowest BCUT2D eigenvalue weighted by molar-refractivity contribution is 0.166. The van der Waals surface area contributed by atoms with Gasteiger partial charge in [-0.3, -0.25) is 0 Å². The summed E-state index contributed by atoms with van der Waals surface area (Å²) >= 11 is 11.9. The van der Waals surface area contributed by atoms with Gasteiger partial charge in [0.2, 0.25) is 0 Å². The van der Waals surface area contributed by atoms with Gasteiger partial charge in [-0.2, -0.15) is 0 Å². The third kappa shape index (κ3) is 3.56. The summed E-state index contributed by atoms with van der Waals surface area (Å²) in [6.07, 6.45) is 5.00. The summed E-state index contributed by atoms with van der Waals surface area (Å²) in [5.41, 5.74) is 1.06. The first-order chi connectivity index (χ1) is 8.90. The third-order valence-electron chi connectivity index (χ3n) is 4.15. The van der Waals surface area contributed by atoms with Crippen LogP contribution in [0.3, 0.4) is 0 Å². The van der Waals surface area contributed by atoms with Crippen LogP contribution in [0.5, 0.6) is 5.75 Å². The minimum Gasteiger partial charge on any atom is -0.506 e. The van der Waals surface area contributed by atoms with Crippen molar-refractivity contribution >= 4 is 23.2 Å².